The van der Waals surface area contributed by atoms with Crippen LogP contribution >= 0.6 is 0 Å². The first kappa shape index (κ1) is 70.0. The highest BCUT2D eigenvalue weighted by Gasteiger charge is 2.30. The highest BCUT2D eigenvalue weighted by atomic mass is 14.3. The van der Waals surface area contributed by atoms with Crippen LogP contribution in [0, 0.1) is 71.6 Å². The van der Waals surface area contributed by atoms with Gasteiger partial charge in [-0.15, -0.1) is 0 Å². The predicted octanol–water partition coefficient (Wildman–Crippen LogP) is 28.5. The van der Waals surface area contributed by atoms with Crippen LogP contribution in [-0.4, -0.2) is 0 Å². The third-order valence-electron chi connectivity index (χ3n) is 21.6. The van der Waals surface area contributed by atoms with Gasteiger partial charge in [0.05, 0.1) is 0 Å². The second kappa shape index (κ2) is 35.3. The Hall–Kier alpha value is -7.32. The van der Waals surface area contributed by atoms with Crippen molar-refractivity contribution in [3.8, 4) is 47.4 Å². The molecule has 11 rings (SSSR count). The van der Waals surface area contributed by atoms with Crippen molar-refractivity contribution in [1.82, 2.24) is 0 Å². The van der Waals surface area contributed by atoms with E-state index in [2.05, 4.69) is 176 Å². The first-order valence-corrected chi connectivity index (χ1v) is 39.6. The van der Waals surface area contributed by atoms with E-state index >= 15 is 0 Å². The quantitative estimate of drug-likeness (QED) is 0.0271. The maximum atomic E-state index is 4.08. The van der Waals surface area contributed by atoms with E-state index in [9.17, 15) is 0 Å². The van der Waals surface area contributed by atoms with Gasteiger partial charge < -0.3 is 0 Å². The third kappa shape index (κ3) is 15.2. The van der Waals surface area contributed by atoms with Crippen LogP contribution in [0.1, 0.15) is 331 Å². The zero-order chi connectivity index (χ0) is 66.6. The fourth-order valence-corrected chi connectivity index (χ4v) is 16.2. The molecule has 0 aliphatic rings. The van der Waals surface area contributed by atoms with Gasteiger partial charge in [0.2, 0.25) is 0 Å². The van der Waals surface area contributed by atoms with Crippen molar-refractivity contribution in [1.29, 1.82) is 0 Å². The molecule has 0 fully saturated rings. The van der Waals surface area contributed by atoms with E-state index in [4.69, 9.17) is 0 Å². The highest BCUT2D eigenvalue weighted by Crippen LogP contribution is 2.55. The summed E-state index contributed by atoms with van der Waals surface area (Å²) in [6.07, 6.45) is 47.0. The number of benzene rings is 6. The largest absolute Gasteiger partial charge is 0.0978 e. The van der Waals surface area contributed by atoms with Crippen molar-refractivity contribution in [2.75, 3.05) is 0 Å². The van der Waals surface area contributed by atoms with Crippen molar-refractivity contribution >= 4 is 108 Å². The molecule has 496 valence electrons. The summed E-state index contributed by atoms with van der Waals surface area (Å²) in [5, 5.41) is 26.4. The van der Waals surface area contributed by atoms with E-state index in [0.29, 0.717) is 0 Å². The molecule has 0 atom stereocenters. The van der Waals surface area contributed by atoms with E-state index < -0.39 is 0 Å². The van der Waals surface area contributed by atoms with E-state index in [-0.39, 0.29) is 0 Å². The Kier molecular flexibility index (Phi) is 25.7. The number of aryl methyl sites for hydroxylation is 4. The average molecular weight is 1270 g/mol. The Labute approximate surface area is 581 Å². The predicted molar refractivity (Wildman–Crippen MR) is 424 cm³/mol. The molecule has 0 radical (unpaired) electrons. The Morgan fingerprint density at radius 2 is 0.500 bits per heavy atom. The van der Waals surface area contributed by atoms with Gasteiger partial charge in [-0.2, -0.15) is 0 Å². The van der Waals surface area contributed by atoms with Gasteiger partial charge in [0.15, 0.2) is 0 Å². The lowest BCUT2D eigenvalue weighted by atomic mass is 9.74. The molecule has 11 aromatic rings. The minimum atomic E-state index is 0.895. The Morgan fingerprint density at radius 1 is 0.229 bits per heavy atom. The zero-order valence-corrected chi connectivity index (χ0v) is 60.9. The standard InChI is InChI=1S/C96H112/c1-9-17-25-33-37-41-49-69-57-63-81-87-75(69)61-59-73-67-86-84(65-71(73)51-43-39-35-27-19-11-3)92-80(56-48-32-24-16-8)78(54-46-30-22-14-6)90-82-64-58-70(50-42-38-34-26-18-10-2)76(88(82)96(90)94(86)92)62-60-74-68-85-83(66-72(74)52-44-40-36-28-20-12-4)91-79(55-47-31-23-15-7)77(53-45-29-21-13-5)89(81)95(87)93(85)91/h57-58,63-68H,9-40,45-48,53-56H2,1-8H3. The van der Waals surface area contributed by atoms with Gasteiger partial charge in [-0.1, -0.05) is 293 Å². The van der Waals surface area contributed by atoms with Crippen LogP contribution in [-0.2, 0) is 25.7 Å². The normalized spacial score (nSPS) is 11.7. The van der Waals surface area contributed by atoms with Crippen LogP contribution in [0.25, 0.3) is 108 Å². The van der Waals surface area contributed by atoms with Gasteiger partial charge in [-0.3, -0.25) is 0 Å². The van der Waals surface area contributed by atoms with E-state index in [1.165, 1.54) is 266 Å². The molecule has 0 nitrogen and oxygen atoms in total. The van der Waals surface area contributed by atoms with Gasteiger partial charge in [-0.05, 0) is 200 Å². The van der Waals surface area contributed by atoms with E-state index in [0.717, 1.165) is 121 Å². The zero-order valence-electron chi connectivity index (χ0n) is 60.9. The van der Waals surface area contributed by atoms with E-state index in [1.807, 2.05) is 0 Å². The Bertz CT molecular complexity index is 4360. The number of hydrogen-bond acceptors (Lipinski definition) is 0. The SMILES string of the molecule is CCCCCCC#Cc1cc2c3cc1c#cc1c(C#CCCCCCC)ccc4c5c(CCCCCC)c(CCCCCC)c6c7cc(C#CCCCCCC)c(c#cc8c(C#CCCCCCC)ccc9c%10c(CCCCCC)c(CCCCCC)c2c3c%10c89)cc7c6c5c14. The molecule has 0 aliphatic heterocycles. The van der Waals surface area contributed by atoms with Crippen LogP contribution in [0.5, 0.6) is 0 Å². The van der Waals surface area contributed by atoms with Crippen molar-refractivity contribution in [2.45, 2.75) is 312 Å². The van der Waals surface area contributed by atoms with Crippen LogP contribution in [0.3, 0.4) is 0 Å². The first-order chi connectivity index (χ1) is 47.5. The van der Waals surface area contributed by atoms with Gasteiger partial charge in [0, 0.05) is 91.0 Å². The van der Waals surface area contributed by atoms with Crippen molar-refractivity contribution in [3.05, 3.63) is 117 Å². The van der Waals surface area contributed by atoms with Crippen molar-refractivity contribution in [3.63, 3.8) is 0 Å². The molecule has 0 amide bonds. The summed E-state index contributed by atoms with van der Waals surface area (Å²) in [5.74, 6) is 30.3. The molecular weight excluding hydrogens is 1150 g/mol. The van der Waals surface area contributed by atoms with Crippen molar-refractivity contribution in [2.24, 2.45) is 0 Å². The Morgan fingerprint density at radius 3 is 0.802 bits per heavy atom. The number of unbranched alkanes of at least 4 members (excludes halogenated alkanes) is 28. The second-order valence-corrected chi connectivity index (χ2v) is 28.8. The molecular formula is C96H112. The van der Waals surface area contributed by atoms with Crippen LogP contribution in [0.15, 0.2) is 48.5 Å². The highest BCUT2D eigenvalue weighted by molar-refractivity contribution is 6.48. The molecule has 0 saturated heterocycles. The summed E-state index contributed by atoms with van der Waals surface area (Å²) in [7, 11) is 0. The first-order valence-electron chi connectivity index (χ1n) is 39.6. The average Bonchev–Trinajstić information content (AvgIpc) is 0.678. The number of rotatable bonds is 36. The fraction of sp³-hybridized carbons (Fsp3) is 0.500. The molecule has 0 heteroatoms. The fourth-order valence-electron chi connectivity index (χ4n) is 16.2. The summed E-state index contributed by atoms with van der Waals surface area (Å²) in [5.41, 5.74) is 10.6. The molecule has 11 aromatic carbocycles. The molecule has 0 aromatic heterocycles. The van der Waals surface area contributed by atoms with Crippen LogP contribution in [0.2, 0.25) is 0 Å². The molecule has 96 heavy (non-hydrogen) atoms. The second-order valence-electron chi connectivity index (χ2n) is 28.8. The smallest absolute Gasteiger partial charge is 0.0490 e. The minimum Gasteiger partial charge on any atom is -0.0978 e. The molecule has 0 spiro atoms. The van der Waals surface area contributed by atoms with Gasteiger partial charge in [0.1, 0.15) is 0 Å². The lowest BCUT2D eigenvalue weighted by molar-refractivity contribution is 0.654. The maximum absolute atomic E-state index is 4.08. The third-order valence-corrected chi connectivity index (χ3v) is 21.6. The lowest BCUT2D eigenvalue weighted by Gasteiger charge is -2.28. The molecule has 0 heterocycles. The summed E-state index contributed by atoms with van der Waals surface area (Å²) >= 11 is 0. The molecule has 0 unspecified atom stereocenters. The maximum Gasteiger partial charge on any atom is 0.0490 e. The Balaban J connectivity index is 1.31. The van der Waals surface area contributed by atoms with Gasteiger partial charge in [0.25, 0.3) is 0 Å². The van der Waals surface area contributed by atoms with Crippen LogP contribution in [0.4, 0.5) is 0 Å². The minimum absolute atomic E-state index is 0.895. The molecule has 0 N–H and O–H groups in total. The number of hydrogen-bond donors (Lipinski definition) is 0. The summed E-state index contributed by atoms with van der Waals surface area (Å²) < 4.78 is 0. The summed E-state index contributed by atoms with van der Waals surface area (Å²) in [6, 6.07) is 35.8. The molecule has 4 bridgehead atoms. The lowest BCUT2D eigenvalue weighted by Crippen LogP contribution is -2.06. The summed E-state index contributed by atoms with van der Waals surface area (Å²) in [6.45, 7) is 18.6. The molecule has 0 saturated carbocycles. The van der Waals surface area contributed by atoms with Gasteiger partial charge >= 0.3 is 0 Å². The van der Waals surface area contributed by atoms with Crippen molar-refractivity contribution < 1.29 is 0 Å². The van der Waals surface area contributed by atoms with Crippen LogP contribution < -0.4 is 0 Å². The van der Waals surface area contributed by atoms with E-state index in [1.54, 1.807) is 22.3 Å². The topological polar surface area (TPSA) is 0 Å². The number of fused-ring (bicyclic) bond motifs is 6. The van der Waals surface area contributed by atoms with Gasteiger partial charge in [-0.25, -0.2) is 0 Å². The molecule has 0 aliphatic carbocycles. The summed E-state index contributed by atoms with van der Waals surface area (Å²) in [4.78, 5) is 0. The monoisotopic (exact) mass is 1260 g/mol.